The second-order valence-electron chi connectivity index (χ2n) is 4.03. The van der Waals surface area contributed by atoms with E-state index < -0.39 is 0 Å². The fourth-order valence-corrected chi connectivity index (χ4v) is 4.61. The number of alkyl halides is 4. The molecule has 0 saturated heterocycles. The molecule has 0 radical (unpaired) electrons. The van der Waals surface area contributed by atoms with Crippen molar-refractivity contribution in [2.75, 3.05) is 0 Å². The fourth-order valence-electron chi connectivity index (χ4n) is 2.14. The highest BCUT2D eigenvalue weighted by Crippen LogP contribution is 2.43. The Morgan fingerprint density at radius 1 is 1.22 bits per heavy atom. The first-order valence-corrected chi connectivity index (χ1v) is 9.41. The summed E-state index contributed by atoms with van der Waals surface area (Å²) in [7, 11) is 0. The third-order valence-electron chi connectivity index (χ3n) is 3.04. The van der Waals surface area contributed by atoms with Crippen molar-refractivity contribution >= 4 is 63.7 Å². The van der Waals surface area contributed by atoms with Gasteiger partial charge in [0, 0.05) is 10.2 Å². The van der Waals surface area contributed by atoms with Crippen molar-refractivity contribution in [3.63, 3.8) is 0 Å². The van der Waals surface area contributed by atoms with Gasteiger partial charge in [0.2, 0.25) is 0 Å². The number of rotatable bonds is 2. The van der Waals surface area contributed by atoms with Gasteiger partial charge < -0.3 is 9.94 Å². The maximum Gasteiger partial charge on any atom is 0.273 e. The molecule has 0 saturated carbocycles. The SMILES string of the molecule is O=[n+]1c(CBr)c(CBr)n([O-])c2c1C(Br)CCC2Br. The van der Waals surface area contributed by atoms with Crippen LogP contribution in [0.3, 0.4) is 0 Å². The standard InChI is InChI=1S/C10H10Br4N2O2/c11-3-7-8(4-12)16(18)10-6(14)2-1-5(13)9(10)15(7)17/h5-6H,1-4H2. The zero-order chi connectivity index (χ0) is 13.4. The van der Waals surface area contributed by atoms with E-state index in [0.29, 0.717) is 33.4 Å². The lowest BCUT2D eigenvalue weighted by Crippen LogP contribution is -2.36. The van der Waals surface area contributed by atoms with Crippen molar-refractivity contribution in [2.24, 2.45) is 0 Å². The first kappa shape index (κ1) is 15.0. The summed E-state index contributed by atoms with van der Waals surface area (Å²) in [6.45, 7) is 0. The van der Waals surface area contributed by atoms with Crippen molar-refractivity contribution in [3.05, 3.63) is 32.9 Å². The molecule has 1 aromatic rings. The van der Waals surface area contributed by atoms with Gasteiger partial charge in [-0.15, -0.1) is 0 Å². The Morgan fingerprint density at radius 2 is 1.83 bits per heavy atom. The molecule has 0 N–H and O–H groups in total. The van der Waals surface area contributed by atoms with Crippen LogP contribution < -0.4 is 4.43 Å². The summed E-state index contributed by atoms with van der Waals surface area (Å²) in [6, 6.07) is 0. The van der Waals surface area contributed by atoms with Crippen molar-refractivity contribution in [1.82, 2.24) is 4.73 Å². The smallest absolute Gasteiger partial charge is 0.273 e. The fraction of sp³-hybridized carbons (Fsp3) is 0.600. The van der Waals surface area contributed by atoms with E-state index in [1.54, 1.807) is 0 Å². The molecular formula is C10H10Br4N2O2. The number of hydrogen-bond acceptors (Lipinski definition) is 2. The van der Waals surface area contributed by atoms with Gasteiger partial charge in [-0.25, -0.2) is 0 Å². The van der Waals surface area contributed by atoms with Gasteiger partial charge in [0.15, 0.2) is 0 Å². The van der Waals surface area contributed by atoms with Gasteiger partial charge in [-0.2, -0.15) is 0 Å². The molecule has 18 heavy (non-hydrogen) atoms. The first-order valence-electron chi connectivity index (χ1n) is 5.33. The number of aromatic nitrogens is 2. The summed E-state index contributed by atoms with van der Waals surface area (Å²) in [5, 5.41) is 13.1. The minimum Gasteiger partial charge on any atom is -0.805 e. The van der Waals surface area contributed by atoms with Crippen molar-refractivity contribution < 1.29 is 4.43 Å². The minimum absolute atomic E-state index is 0.0684. The molecule has 100 valence electrons. The van der Waals surface area contributed by atoms with Crippen LogP contribution in [0, 0.1) is 10.1 Å². The van der Waals surface area contributed by atoms with E-state index in [-0.39, 0.29) is 9.65 Å². The van der Waals surface area contributed by atoms with Gasteiger partial charge in [0.25, 0.3) is 11.4 Å². The zero-order valence-corrected chi connectivity index (χ0v) is 15.5. The molecule has 0 aliphatic heterocycles. The Bertz CT molecular complexity index is 532. The van der Waals surface area contributed by atoms with Gasteiger partial charge in [-0.1, -0.05) is 63.7 Å². The molecule has 4 nitrogen and oxygen atoms in total. The Labute approximate surface area is 138 Å². The topological polar surface area (TPSA) is 51.0 Å². The van der Waals surface area contributed by atoms with Crippen LogP contribution in [-0.4, -0.2) is 4.73 Å². The second kappa shape index (κ2) is 5.93. The summed E-state index contributed by atoms with van der Waals surface area (Å²) < 4.78 is 1.78. The largest absolute Gasteiger partial charge is 0.805 e. The predicted octanol–water partition coefficient (Wildman–Crippen LogP) is 4.20. The van der Waals surface area contributed by atoms with Crippen molar-refractivity contribution in [3.8, 4) is 0 Å². The van der Waals surface area contributed by atoms with Gasteiger partial charge >= 0.3 is 0 Å². The average Bonchev–Trinajstić information content (AvgIpc) is 2.35. The molecule has 8 heteroatoms. The Balaban J connectivity index is 2.83. The van der Waals surface area contributed by atoms with E-state index in [0.717, 1.165) is 22.0 Å². The Kier molecular flexibility index (Phi) is 4.94. The van der Waals surface area contributed by atoms with Crippen LogP contribution in [0.2, 0.25) is 0 Å². The quantitative estimate of drug-likeness (QED) is 0.443. The number of fused-ring (bicyclic) bond motifs is 1. The van der Waals surface area contributed by atoms with Gasteiger partial charge in [-0.05, 0) is 12.8 Å². The van der Waals surface area contributed by atoms with Crippen LogP contribution in [0.4, 0.5) is 0 Å². The summed E-state index contributed by atoms with van der Waals surface area (Å²) >= 11 is 13.5. The summed E-state index contributed by atoms with van der Waals surface area (Å²) in [5.74, 6) is 0. The van der Waals surface area contributed by atoms with Gasteiger partial charge in [0.05, 0.1) is 20.3 Å². The van der Waals surface area contributed by atoms with E-state index in [1.807, 2.05) is 0 Å². The molecule has 1 aromatic heterocycles. The molecule has 2 unspecified atom stereocenters. The molecule has 2 atom stereocenters. The minimum atomic E-state index is -0.0684. The molecule has 1 aliphatic carbocycles. The lowest BCUT2D eigenvalue weighted by atomic mass is 9.99. The number of nitrogens with zero attached hydrogens (tertiary/aromatic N) is 2. The second-order valence-corrected chi connectivity index (χ2v) is 7.36. The molecule has 2 rings (SSSR count). The van der Waals surface area contributed by atoms with E-state index in [9.17, 15) is 10.1 Å². The van der Waals surface area contributed by atoms with E-state index >= 15 is 0 Å². The molecule has 0 fully saturated rings. The van der Waals surface area contributed by atoms with Crippen LogP contribution in [-0.2, 0) is 10.7 Å². The normalized spacial score (nSPS) is 22.9. The van der Waals surface area contributed by atoms with Crippen molar-refractivity contribution in [1.29, 1.82) is 0 Å². The van der Waals surface area contributed by atoms with Crippen LogP contribution in [0.25, 0.3) is 0 Å². The van der Waals surface area contributed by atoms with E-state index in [1.165, 1.54) is 0 Å². The molecule has 0 aromatic carbocycles. The first-order chi connectivity index (χ1) is 8.52. The maximum atomic E-state index is 12.4. The summed E-state index contributed by atoms with van der Waals surface area (Å²) in [6.07, 6.45) is 1.67. The molecule has 1 heterocycles. The molecule has 1 aliphatic rings. The molecular weight excluding hydrogens is 500 g/mol. The molecule has 0 amide bonds. The highest BCUT2D eigenvalue weighted by Gasteiger charge is 2.37. The van der Waals surface area contributed by atoms with E-state index in [4.69, 9.17) is 0 Å². The Morgan fingerprint density at radius 3 is 2.39 bits per heavy atom. The summed E-state index contributed by atoms with van der Waals surface area (Å²) in [4.78, 5) is 12.3. The lowest BCUT2D eigenvalue weighted by Gasteiger charge is -2.28. The third-order valence-corrected chi connectivity index (χ3v) is 5.89. The predicted molar refractivity (Wildman–Crippen MR) is 84.4 cm³/mol. The highest BCUT2D eigenvalue weighted by atomic mass is 79.9. The van der Waals surface area contributed by atoms with Crippen LogP contribution in [0.1, 0.15) is 45.3 Å². The number of halogens is 4. The maximum absolute atomic E-state index is 12.4. The highest BCUT2D eigenvalue weighted by molar-refractivity contribution is 9.09. The van der Waals surface area contributed by atoms with Crippen LogP contribution >= 0.6 is 63.7 Å². The zero-order valence-electron chi connectivity index (χ0n) is 9.21. The van der Waals surface area contributed by atoms with Crippen LogP contribution in [0.15, 0.2) is 0 Å². The molecule has 0 bridgehead atoms. The molecule has 0 spiro atoms. The van der Waals surface area contributed by atoms with Gasteiger partial charge in [-0.3, -0.25) is 0 Å². The van der Waals surface area contributed by atoms with Gasteiger partial charge in [0.1, 0.15) is 10.5 Å². The lowest BCUT2D eigenvalue weighted by molar-refractivity contribution is -0.516. The third kappa shape index (κ3) is 2.33. The van der Waals surface area contributed by atoms with Crippen molar-refractivity contribution in [2.45, 2.75) is 33.2 Å². The summed E-state index contributed by atoms with van der Waals surface area (Å²) in [5.41, 5.74) is 1.98. The average molecular weight is 510 g/mol. The Hall–Kier alpha value is 0.600. The monoisotopic (exact) mass is 506 g/mol. The van der Waals surface area contributed by atoms with Crippen LogP contribution in [0.5, 0.6) is 0 Å². The van der Waals surface area contributed by atoms with E-state index in [2.05, 4.69) is 63.7 Å². The number of hydrogen-bond donors (Lipinski definition) is 0.